The third kappa shape index (κ3) is 9.51. The normalized spacial score (nSPS) is 15.2. The van der Waals surface area contributed by atoms with Crippen LogP contribution in [0, 0.1) is 29.7 Å². The van der Waals surface area contributed by atoms with Gasteiger partial charge in [0.2, 0.25) is 0 Å². The Bertz CT molecular complexity index is 1470. The molecule has 46 heavy (non-hydrogen) atoms. The summed E-state index contributed by atoms with van der Waals surface area (Å²) in [6.07, 6.45) is 10.3. The van der Waals surface area contributed by atoms with E-state index in [1.54, 1.807) is 0 Å². The molecule has 1 radical (unpaired) electrons. The Balaban J connectivity index is 0.000000356. The van der Waals surface area contributed by atoms with E-state index in [4.69, 9.17) is 4.98 Å². The number of aromatic nitrogens is 1. The number of benzene rings is 2. The number of hydrogen-bond donors (Lipinski definition) is 1. The van der Waals surface area contributed by atoms with E-state index in [1.807, 2.05) is 47.6 Å². The van der Waals surface area contributed by atoms with E-state index >= 15 is 0 Å². The molecular weight excluding hydrogens is 759 g/mol. The molecule has 1 aromatic heterocycles. The zero-order valence-electron chi connectivity index (χ0n) is 30.6. The predicted octanol–water partition coefficient (Wildman–Crippen LogP) is 11.5. The Morgan fingerprint density at radius 1 is 0.978 bits per heavy atom. The molecule has 3 nitrogen and oxygen atoms in total. The number of pyridine rings is 1. The molecular formula is C41H60IrNO2Si-. The number of aliphatic hydroxyl groups excluding tert-OH is 1. The summed E-state index contributed by atoms with van der Waals surface area (Å²) in [6.45, 7) is 23.9. The summed E-state index contributed by atoms with van der Waals surface area (Å²) in [7, 11) is -1.36. The number of ketones is 1. The van der Waals surface area contributed by atoms with Crippen molar-refractivity contribution >= 4 is 29.9 Å². The standard InChI is InChI=1S/C26H32NSi.C15H28O2.Ir/c1-18-9-8-12-21(15-18)26-17-23(19(2)20-10-6-7-11-20)24-16-22(28(3,4)5)13-14-25(24)27-26;1-7-14(5,8-2)12(16)11-13(17)15(6,9-3)10-4;/h8-9,13-17,19-20H,6-7,10-11H2,1-5H3;11,16H,7-10H2,1-6H3;/q-1;;/b;12-11-;. The minimum atomic E-state index is -1.36. The number of hydrogen-bond acceptors (Lipinski definition) is 3. The molecule has 1 heterocycles. The van der Waals surface area contributed by atoms with Gasteiger partial charge in [0, 0.05) is 42.4 Å². The monoisotopic (exact) mass is 819 g/mol. The van der Waals surface area contributed by atoms with Crippen molar-refractivity contribution in [1.29, 1.82) is 0 Å². The number of carbonyl (C=O) groups is 1. The molecule has 4 rings (SSSR count). The van der Waals surface area contributed by atoms with Crippen LogP contribution >= 0.6 is 0 Å². The van der Waals surface area contributed by atoms with Crippen molar-refractivity contribution in [2.45, 2.75) is 132 Å². The first-order valence-electron chi connectivity index (χ1n) is 17.5. The molecule has 0 bridgehead atoms. The summed E-state index contributed by atoms with van der Waals surface area (Å²) in [5.74, 6) is 1.66. The van der Waals surface area contributed by atoms with Crippen molar-refractivity contribution in [2.75, 3.05) is 0 Å². The molecule has 1 saturated carbocycles. The molecule has 3 aromatic rings. The van der Waals surface area contributed by atoms with Crippen LogP contribution in [-0.2, 0) is 24.9 Å². The fourth-order valence-electron chi connectivity index (χ4n) is 6.36. The number of rotatable bonds is 11. The van der Waals surface area contributed by atoms with Crippen LogP contribution in [0.15, 0.2) is 54.3 Å². The second-order valence-electron chi connectivity index (χ2n) is 15.1. The molecule has 1 fully saturated rings. The fraction of sp³-hybridized carbons (Fsp3) is 0.561. The molecule has 0 spiro atoms. The second-order valence-corrected chi connectivity index (χ2v) is 20.2. The number of fused-ring (bicyclic) bond motifs is 1. The predicted molar refractivity (Wildman–Crippen MR) is 197 cm³/mol. The van der Waals surface area contributed by atoms with Crippen molar-refractivity contribution in [1.82, 2.24) is 4.98 Å². The average molecular weight is 819 g/mol. The maximum atomic E-state index is 12.2. The van der Waals surface area contributed by atoms with Gasteiger partial charge in [-0.2, -0.15) is 0 Å². The van der Waals surface area contributed by atoms with Gasteiger partial charge < -0.3 is 5.11 Å². The van der Waals surface area contributed by atoms with Crippen LogP contribution < -0.4 is 5.19 Å². The van der Waals surface area contributed by atoms with Gasteiger partial charge in [0.1, 0.15) is 5.76 Å². The molecule has 0 amide bonds. The van der Waals surface area contributed by atoms with Crippen LogP contribution in [0.25, 0.3) is 22.2 Å². The minimum Gasteiger partial charge on any atom is -0.512 e. The van der Waals surface area contributed by atoms with Crippen molar-refractivity contribution in [3.05, 3.63) is 71.5 Å². The van der Waals surface area contributed by atoms with Gasteiger partial charge in [0.05, 0.1) is 13.6 Å². The number of allylic oxidation sites excluding steroid dienone is 2. The van der Waals surface area contributed by atoms with Crippen LogP contribution in [0.2, 0.25) is 19.6 Å². The zero-order valence-corrected chi connectivity index (χ0v) is 34.0. The molecule has 0 aliphatic heterocycles. The van der Waals surface area contributed by atoms with Gasteiger partial charge in [-0.05, 0) is 67.7 Å². The maximum absolute atomic E-state index is 12.2. The average Bonchev–Trinajstić information content (AvgIpc) is 3.58. The Kier molecular flexibility index (Phi) is 14.7. The number of aliphatic hydroxyl groups is 1. The maximum Gasteiger partial charge on any atom is 0.164 e. The third-order valence-electron chi connectivity index (χ3n) is 11.1. The number of carbonyl (C=O) groups excluding carboxylic acids is 1. The molecule has 5 heteroatoms. The van der Waals surface area contributed by atoms with E-state index in [0.717, 1.165) is 48.4 Å². The Morgan fingerprint density at radius 2 is 1.57 bits per heavy atom. The van der Waals surface area contributed by atoms with Crippen molar-refractivity contribution in [3.63, 3.8) is 0 Å². The Labute approximate surface area is 295 Å². The molecule has 2 aromatic carbocycles. The first-order chi connectivity index (χ1) is 21.1. The number of nitrogens with zero attached hydrogens (tertiary/aromatic N) is 1. The molecule has 1 N–H and O–H groups in total. The van der Waals surface area contributed by atoms with E-state index < -0.39 is 8.07 Å². The van der Waals surface area contributed by atoms with E-state index in [9.17, 15) is 9.90 Å². The van der Waals surface area contributed by atoms with E-state index in [0.29, 0.717) is 5.92 Å². The molecule has 1 atom stereocenters. The first kappa shape index (κ1) is 40.1. The second kappa shape index (κ2) is 16.8. The quantitative estimate of drug-likeness (QED) is 0.0907. The molecule has 255 valence electrons. The zero-order chi connectivity index (χ0) is 33.6. The van der Waals surface area contributed by atoms with Crippen molar-refractivity contribution in [3.8, 4) is 11.3 Å². The van der Waals surface area contributed by atoms with Gasteiger partial charge in [-0.1, -0.05) is 111 Å². The molecule has 1 aliphatic rings. The molecule has 1 aliphatic carbocycles. The van der Waals surface area contributed by atoms with E-state index in [1.165, 1.54) is 53.5 Å². The first-order valence-corrected chi connectivity index (χ1v) is 21.0. The van der Waals surface area contributed by atoms with E-state index in [-0.39, 0.29) is 42.5 Å². The Morgan fingerprint density at radius 3 is 2.09 bits per heavy atom. The smallest absolute Gasteiger partial charge is 0.164 e. The largest absolute Gasteiger partial charge is 0.512 e. The minimum absolute atomic E-state index is 0. The van der Waals surface area contributed by atoms with Crippen LogP contribution in [-0.4, -0.2) is 23.9 Å². The van der Waals surface area contributed by atoms with Gasteiger partial charge in [-0.15, -0.1) is 35.4 Å². The van der Waals surface area contributed by atoms with Crippen LogP contribution in [0.1, 0.15) is 117 Å². The summed E-state index contributed by atoms with van der Waals surface area (Å²) < 4.78 is 0. The van der Waals surface area contributed by atoms with Gasteiger partial charge in [-0.25, -0.2) is 0 Å². The van der Waals surface area contributed by atoms with Gasteiger partial charge in [-0.3, -0.25) is 9.78 Å². The van der Waals surface area contributed by atoms with Crippen LogP contribution in [0.3, 0.4) is 0 Å². The van der Waals surface area contributed by atoms with Crippen LogP contribution in [0.5, 0.6) is 0 Å². The molecule has 0 saturated heterocycles. The van der Waals surface area contributed by atoms with Gasteiger partial charge in [0.15, 0.2) is 5.78 Å². The summed E-state index contributed by atoms with van der Waals surface area (Å²) in [4.78, 5) is 17.2. The summed E-state index contributed by atoms with van der Waals surface area (Å²) in [5.41, 5.74) is 5.45. The summed E-state index contributed by atoms with van der Waals surface area (Å²) in [6, 6.07) is 19.1. The van der Waals surface area contributed by atoms with Crippen molar-refractivity contribution in [2.24, 2.45) is 16.7 Å². The number of aryl methyl sites for hydroxylation is 1. The Hall–Kier alpha value is -2.07. The third-order valence-corrected chi connectivity index (χ3v) is 13.2. The van der Waals surface area contributed by atoms with E-state index in [2.05, 4.69) is 76.0 Å². The summed E-state index contributed by atoms with van der Waals surface area (Å²) >= 11 is 0. The SMILES string of the molecule is CCC(C)(CC)C(=O)/C=C(\O)C(C)(CC)CC.Cc1cc[c-]c(-c2cc(C(C)C3CCCC3)c3cc([Si](C)(C)C)ccc3n2)c1.[Ir]. The van der Waals surface area contributed by atoms with Crippen LogP contribution in [0.4, 0.5) is 0 Å². The van der Waals surface area contributed by atoms with Gasteiger partial charge in [0.25, 0.3) is 0 Å². The topological polar surface area (TPSA) is 50.2 Å². The summed E-state index contributed by atoms with van der Waals surface area (Å²) in [5, 5.41) is 13.0. The van der Waals surface area contributed by atoms with Crippen molar-refractivity contribution < 1.29 is 30.0 Å². The molecule has 1 unspecified atom stereocenters. The van der Waals surface area contributed by atoms with Gasteiger partial charge >= 0.3 is 0 Å². The fourth-order valence-corrected chi connectivity index (χ4v) is 7.52.